The number of nitrogens with zero attached hydrogens (tertiary/aromatic N) is 1. The van der Waals surface area contributed by atoms with Gasteiger partial charge in [-0.15, -0.1) is 0 Å². The van der Waals surface area contributed by atoms with Crippen LogP contribution in [0, 0.1) is 12.8 Å². The van der Waals surface area contributed by atoms with E-state index in [0.717, 1.165) is 17.0 Å². The monoisotopic (exact) mass is 403 g/mol. The van der Waals surface area contributed by atoms with Crippen LogP contribution in [-0.2, 0) is 20.8 Å². The average molecular weight is 405 g/mol. The van der Waals surface area contributed by atoms with Gasteiger partial charge < -0.3 is 5.11 Å². The molecule has 5 heteroatoms. The summed E-state index contributed by atoms with van der Waals surface area (Å²) in [4.78, 5) is 4.83. The molecule has 0 unspecified atom stereocenters. The molecule has 0 heterocycles. The van der Waals surface area contributed by atoms with Crippen LogP contribution < -0.4 is 0 Å². The molecule has 21 heavy (non-hydrogen) atoms. The van der Waals surface area contributed by atoms with E-state index in [-0.39, 0.29) is 5.54 Å². The van der Waals surface area contributed by atoms with Crippen LogP contribution in [-0.4, -0.2) is 16.9 Å². The van der Waals surface area contributed by atoms with E-state index in [9.17, 15) is 5.11 Å². The number of phenols is 1. The Morgan fingerprint density at radius 3 is 2.76 bits per heavy atom. The summed E-state index contributed by atoms with van der Waals surface area (Å²) in [5, 5.41) is 9.99. The Morgan fingerprint density at radius 2 is 2.05 bits per heavy atom. The van der Waals surface area contributed by atoms with Crippen LogP contribution in [0.1, 0.15) is 49.7 Å². The van der Waals surface area contributed by atoms with E-state index in [1.54, 1.807) is 0 Å². The zero-order chi connectivity index (χ0) is 15.3. The third-order valence-electron chi connectivity index (χ3n) is 4.59. The van der Waals surface area contributed by atoms with Gasteiger partial charge in [-0.05, 0) is 43.7 Å². The molecular weight excluding hydrogens is 384 g/mol. The van der Waals surface area contributed by atoms with Gasteiger partial charge in [0.25, 0.3) is 0 Å². The van der Waals surface area contributed by atoms with Gasteiger partial charge in [-0.1, -0.05) is 31.4 Å². The van der Waals surface area contributed by atoms with E-state index < -0.39 is 20.8 Å². The van der Waals surface area contributed by atoms with Crippen molar-refractivity contribution in [3.8, 4) is 5.75 Å². The van der Waals surface area contributed by atoms with Gasteiger partial charge >= 0.3 is 37.9 Å². The maximum atomic E-state index is 9.99. The van der Waals surface area contributed by atoms with Crippen LogP contribution in [0.25, 0.3) is 0 Å². The van der Waals surface area contributed by atoms with Crippen molar-refractivity contribution in [2.24, 2.45) is 10.9 Å². The first-order chi connectivity index (χ1) is 10.1. The van der Waals surface area contributed by atoms with Crippen molar-refractivity contribution in [3.63, 3.8) is 0 Å². The predicted molar refractivity (Wildman–Crippen MR) is 86.1 cm³/mol. The van der Waals surface area contributed by atoms with E-state index in [1.165, 1.54) is 38.5 Å². The molecule has 0 saturated heterocycles. The Morgan fingerprint density at radius 1 is 1.33 bits per heavy atom. The zero-order valence-electron chi connectivity index (χ0n) is 12.3. The molecule has 1 aromatic rings. The van der Waals surface area contributed by atoms with Crippen molar-refractivity contribution in [1.82, 2.24) is 0 Å². The molecule has 2 nitrogen and oxygen atoms in total. The fraction of sp³-hybridized carbons (Fsp3) is 0.562. The summed E-state index contributed by atoms with van der Waals surface area (Å²) >= 11 is -0.826. The van der Waals surface area contributed by atoms with E-state index in [2.05, 4.69) is 0 Å². The van der Waals surface area contributed by atoms with Crippen LogP contribution in [0.4, 0.5) is 0 Å². The molecule has 4 rings (SSSR count). The van der Waals surface area contributed by atoms with Crippen molar-refractivity contribution < 1.29 is 26.0 Å². The first-order valence-corrected chi connectivity index (χ1v) is 13.7. The van der Waals surface area contributed by atoms with Crippen molar-refractivity contribution in [2.45, 2.75) is 51.0 Å². The Balaban J connectivity index is 0.000000497. The van der Waals surface area contributed by atoms with Gasteiger partial charge in [-0.3, -0.25) is 4.99 Å². The molecule has 0 atom stereocenters. The number of para-hydroxylation sites is 1. The maximum absolute atomic E-state index is 9.99. The number of halogens is 2. The normalized spacial score (nSPS) is 27.3. The van der Waals surface area contributed by atoms with E-state index in [1.807, 2.05) is 31.3 Å². The molecule has 0 spiro atoms. The van der Waals surface area contributed by atoms with Crippen molar-refractivity contribution in [1.29, 1.82) is 0 Å². The molecule has 0 amide bonds. The molecule has 114 valence electrons. The van der Waals surface area contributed by atoms with E-state index >= 15 is 0 Å². The summed E-state index contributed by atoms with van der Waals surface area (Å²) in [6.45, 7) is 1.93. The number of aliphatic imine (C=N–C) groups is 1. The number of fused-ring (bicyclic) bond motifs is 3. The molecular formula is C16H21Cl2NOZr. The zero-order valence-corrected chi connectivity index (χ0v) is 16.2. The molecule has 0 aliphatic heterocycles. The SMILES string of the molecule is Cc1cccc(C=NC23CCCCC(C2)C3)c1O.[Cl][Zr][Cl]. The Kier molecular flexibility index (Phi) is 6.78. The van der Waals surface area contributed by atoms with Crippen LogP contribution in [0.15, 0.2) is 23.2 Å². The minimum absolute atomic E-state index is 0.206. The summed E-state index contributed by atoms with van der Waals surface area (Å²) in [6.07, 6.45) is 9.72. The molecule has 3 aliphatic carbocycles. The van der Waals surface area contributed by atoms with E-state index in [4.69, 9.17) is 22.0 Å². The molecule has 0 aromatic heterocycles. The summed E-state index contributed by atoms with van der Waals surface area (Å²) in [5.41, 5.74) is 1.98. The van der Waals surface area contributed by atoms with Crippen LogP contribution in [0.3, 0.4) is 0 Å². The molecule has 3 fully saturated rings. The summed E-state index contributed by atoms with van der Waals surface area (Å²) in [6, 6.07) is 5.84. The van der Waals surface area contributed by atoms with Crippen molar-refractivity contribution >= 4 is 23.2 Å². The van der Waals surface area contributed by atoms with Gasteiger partial charge in [0.1, 0.15) is 5.75 Å². The second-order valence-electron chi connectivity index (χ2n) is 6.09. The standard InChI is InChI=1S/C16H21NO.2ClH.Zr/c1-12-5-4-7-14(15(12)18)11-17-16-8-3-2-6-13(9-16)10-16;;;/h4-5,7,11,13,18H,2-3,6,8-10H2,1H3;2*1H;/q;;;+2/p-2. The van der Waals surface area contributed by atoms with Crippen molar-refractivity contribution in [3.05, 3.63) is 29.3 Å². The molecule has 0 radical (unpaired) electrons. The predicted octanol–water partition coefficient (Wildman–Crippen LogP) is 5.22. The number of aryl methyl sites for hydroxylation is 1. The van der Waals surface area contributed by atoms with Crippen LogP contribution >= 0.6 is 17.0 Å². The van der Waals surface area contributed by atoms with Gasteiger partial charge in [-0.25, -0.2) is 0 Å². The Labute approximate surface area is 145 Å². The van der Waals surface area contributed by atoms with E-state index in [0.29, 0.717) is 5.75 Å². The van der Waals surface area contributed by atoms with Gasteiger partial charge in [-0.2, -0.15) is 0 Å². The minimum atomic E-state index is -0.826. The molecule has 1 N–H and O–H groups in total. The first kappa shape index (κ1) is 17.5. The summed E-state index contributed by atoms with van der Waals surface area (Å²) in [7, 11) is 9.87. The summed E-state index contributed by atoms with van der Waals surface area (Å²) < 4.78 is 0. The average Bonchev–Trinajstić information content (AvgIpc) is 2.74. The third-order valence-corrected chi connectivity index (χ3v) is 4.59. The second-order valence-corrected chi connectivity index (χ2v) is 9.82. The molecule has 3 aliphatic rings. The Bertz CT molecular complexity index is 496. The summed E-state index contributed by atoms with van der Waals surface area (Å²) in [5.74, 6) is 1.29. The Hall–Kier alpha value is 0.153. The van der Waals surface area contributed by atoms with Gasteiger partial charge in [0, 0.05) is 11.8 Å². The number of benzene rings is 1. The number of hydrogen-bond donors (Lipinski definition) is 1. The van der Waals surface area contributed by atoms with Crippen LogP contribution in [0.2, 0.25) is 0 Å². The fourth-order valence-electron chi connectivity index (χ4n) is 3.47. The second kappa shape index (κ2) is 8.13. The third kappa shape index (κ3) is 4.56. The fourth-order valence-corrected chi connectivity index (χ4v) is 3.47. The first-order valence-electron chi connectivity index (χ1n) is 7.40. The number of hydrogen-bond acceptors (Lipinski definition) is 2. The quantitative estimate of drug-likeness (QED) is 0.673. The molecule has 3 saturated carbocycles. The topological polar surface area (TPSA) is 32.6 Å². The van der Waals surface area contributed by atoms with Gasteiger partial charge in [0.15, 0.2) is 0 Å². The molecule has 1 aromatic carbocycles. The number of phenolic OH excluding ortho intramolecular Hbond substituents is 1. The molecule has 2 bridgehead atoms. The van der Waals surface area contributed by atoms with Gasteiger partial charge in [0.2, 0.25) is 0 Å². The van der Waals surface area contributed by atoms with Crippen molar-refractivity contribution in [2.75, 3.05) is 0 Å². The number of aromatic hydroxyl groups is 1. The van der Waals surface area contributed by atoms with Gasteiger partial charge in [0.05, 0.1) is 5.54 Å². The van der Waals surface area contributed by atoms with Crippen LogP contribution in [0.5, 0.6) is 5.75 Å². The number of rotatable bonds is 2.